The first-order chi connectivity index (χ1) is 13.6. The quantitative estimate of drug-likeness (QED) is 0.632. The van der Waals surface area contributed by atoms with Crippen LogP contribution in [0.15, 0.2) is 66.7 Å². The summed E-state index contributed by atoms with van der Waals surface area (Å²) < 4.78 is 1.74. The van der Waals surface area contributed by atoms with Crippen molar-refractivity contribution < 1.29 is 9.90 Å². The summed E-state index contributed by atoms with van der Waals surface area (Å²) in [6.07, 6.45) is 0. The highest BCUT2D eigenvalue weighted by atomic mass is 16.3. The van der Waals surface area contributed by atoms with Gasteiger partial charge < -0.3 is 10.4 Å². The van der Waals surface area contributed by atoms with Crippen molar-refractivity contribution in [2.45, 2.75) is 19.9 Å². The standard InChI is InChI=1S/C22H26N4O2/c1-17(2)25(13-14-27)16-22(28)23-21-15-20(18-9-5-3-6-10-18)24-26(21)19-11-7-4-8-12-19/h3-12,15,17,27H,13-14,16H2,1-2H3,(H,23,28). The van der Waals surface area contributed by atoms with Gasteiger partial charge in [-0.3, -0.25) is 9.69 Å². The smallest absolute Gasteiger partial charge is 0.239 e. The molecule has 0 aliphatic rings. The number of anilines is 1. The van der Waals surface area contributed by atoms with Gasteiger partial charge in [0.2, 0.25) is 5.91 Å². The van der Waals surface area contributed by atoms with Gasteiger partial charge in [0.15, 0.2) is 0 Å². The highest BCUT2D eigenvalue weighted by molar-refractivity contribution is 5.92. The molecule has 28 heavy (non-hydrogen) atoms. The average molecular weight is 378 g/mol. The zero-order valence-electron chi connectivity index (χ0n) is 16.2. The summed E-state index contributed by atoms with van der Waals surface area (Å²) in [5.74, 6) is 0.474. The Morgan fingerprint density at radius 1 is 1.11 bits per heavy atom. The van der Waals surface area contributed by atoms with Crippen molar-refractivity contribution in [3.05, 3.63) is 66.7 Å². The van der Waals surface area contributed by atoms with Gasteiger partial charge in [-0.15, -0.1) is 0 Å². The molecule has 1 aromatic heterocycles. The average Bonchev–Trinajstić information content (AvgIpc) is 3.12. The number of rotatable bonds is 8. The molecule has 0 fully saturated rings. The molecule has 2 N–H and O–H groups in total. The molecule has 0 saturated heterocycles. The van der Waals surface area contributed by atoms with E-state index in [1.165, 1.54) is 0 Å². The minimum Gasteiger partial charge on any atom is -0.395 e. The van der Waals surface area contributed by atoms with E-state index in [4.69, 9.17) is 5.10 Å². The first-order valence-corrected chi connectivity index (χ1v) is 9.44. The maximum Gasteiger partial charge on any atom is 0.239 e. The molecule has 3 rings (SSSR count). The number of hydrogen-bond donors (Lipinski definition) is 2. The van der Waals surface area contributed by atoms with Gasteiger partial charge in [-0.2, -0.15) is 5.10 Å². The van der Waals surface area contributed by atoms with Crippen molar-refractivity contribution in [3.8, 4) is 16.9 Å². The van der Waals surface area contributed by atoms with Crippen LogP contribution in [0.25, 0.3) is 16.9 Å². The van der Waals surface area contributed by atoms with Crippen molar-refractivity contribution in [1.82, 2.24) is 14.7 Å². The Labute approximate surface area is 165 Å². The molecule has 2 aromatic carbocycles. The van der Waals surface area contributed by atoms with E-state index < -0.39 is 0 Å². The predicted molar refractivity (Wildman–Crippen MR) is 111 cm³/mol. The Bertz CT molecular complexity index is 891. The van der Waals surface area contributed by atoms with Gasteiger partial charge in [0, 0.05) is 24.2 Å². The Morgan fingerprint density at radius 2 is 1.75 bits per heavy atom. The largest absolute Gasteiger partial charge is 0.395 e. The van der Waals surface area contributed by atoms with Crippen LogP contribution in [0.1, 0.15) is 13.8 Å². The van der Waals surface area contributed by atoms with Crippen molar-refractivity contribution in [1.29, 1.82) is 0 Å². The zero-order chi connectivity index (χ0) is 19.9. The van der Waals surface area contributed by atoms with E-state index in [0.717, 1.165) is 16.9 Å². The number of aromatic nitrogens is 2. The third-order valence-corrected chi connectivity index (χ3v) is 4.51. The minimum absolute atomic E-state index is 0.0194. The molecule has 0 unspecified atom stereocenters. The number of hydrogen-bond acceptors (Lipinski definition) is 4. The summed E-state index contributed by atoms with van der Waals surface area (Å²) >= 11 is 0. The number of carbonyl (C=O) groups excluding carboxylic acids is 1. The minimum atomic E-state index is -0.140. The van der Waals surface area contributed by atoms with Crippen molar-refractivity contribution >= 4 is 11.7 Å². The lowest BCUT2D eigenvalue weighted by Crippen LogP contribution is -2.39. The second kappa shape index (κ2) is 9.30. The molecular formula is C22H26N4O2. The number of nitrogens with zero attached hydrogens (tertiary/aromatic N) is 3. The molecule has 0 aliphatic heterocycles. The first kappa shape index (κ1) is 19.8. The SMILES string of the molecule is CC(C)N(CCO)CC(=O)Nc1cc(-c2ccccc2)nn1-c1ccccc1. The Hall–Kier alpha value is -2.96. The topological polar surface area (TPSA) is 70.4 Å². The van der Waals surface area contributed by atoms with Crippen LogP contribution in [0.2, 0.25) is 0 Å². The molecule has 0 saturated carbocycles. The summed E-state index contributed by atoms with van der Waals surface area (Å²) in [4.78, 5) is 14.6. The molecule has 6 heteroatoms. The van der Waals surface area contributed by atoms with Crippen LogP contribution in [-0.2, 0) is 4.79 Å². The zero-order valence-corrected chi connectivity index (χ0v) is 16.2. The first-order valence-electron chi connectivity index (χ1n) is 9.44. The van der Waals surface area contributed by atoms with E-state index in [1.54, 1.807) is 4.68 Å². The van der Waals surface area contributed by atoms with Crippen molar-refractivity contribution in [2.75, 3.05) is 25.0 Å². The maximum atomic E-state index is 12.7. The van der Waals surface area contributed by atoms with Crippen LogP contribution < -0.4 is 5.32 Å². The highest BCUT2D eigenvalue weighted by Gasteiger charge is 2.17. The van der Waals surface area contributed by atoms with Crippen LogP contribution in [-0.4, -0.2) is 51.4 Å². The molecule has 146 valence electrons. The van der Waals surface area contributed by atoms with Crippen LogP contribution in [0.4, 0.5) is 5.82 Å². The lowest BCUT2D eigenvalue weighted by Gasteiger charge is -2.24. The third kappa shape index (κ3) is 4.85. The number of aliphatic hydroxyl groups excluding tert-OH is 1. The lowest BCUT2D eigenvalue weighted by molar-refractivity contribution is -0.117. The van der Waals surface area contributed by atoms with Gasteiger partial charge in [-0.25, -0.2) is 4.68 Å². The van der Waals surface area contributed by atoms with E-state index >= 15 is 0 Å². The van der Waals surface area contributed by atoms with Gasteiger partial charge in [-0.05, 0) is 26.0 Å². The fourth-order valence-corrected chi connectivity index (χ4v) is 3.00. The maximum absolute atomic E-state index is 12.7. The molecule has 6 nitrogen and oxygen atoms in total. The van der Waals surface area contributed by atoms with E-state index in [-0.39, 0.29) is 25.1 Å². The molecule has 0 radical (unpaired) electrons. The number of carbonyl (C=O) groups is 1. The lowest BCUT2D eigenvalue weighted by atomic mass is 10.1. The van der Waals surface area contributed by atoms with Gasteiger partial charge in [0.05, 0.1) is 24.5 Å². The molecule has 3 aromatic rings. The van der Waals surface area contributed by atoms with Crippen LogP contribution in [0.3, 0.4) is 0 Å². The van der Waals surface area contributed by atoms with E-state index in [1.807, 2.05) is 85.5 Å². The number of benzene rings is 2. The summed E-state index contributed by atoms with van der Waals surface area (Å²) in [6.45, 7) is 4.69. The number of nitrogens with one attached hydrogen (secondary N) is 1. The Kier molecular flexibility index (Phi) is 6.57. The highest BCUT2D eigenvalue weighted by Crippen LogP contribution is 2.24. The van der Waals surface area contributed by atoms with Gasteiger partial charge >= 0.3 is 0 Å². The summed E-state index contributed by atoms with van der Waals surface area (Å²) in [6, 6.07) is 21.6. The van der Waals surface area contributed by atoms with Crippen LogP contribution in [0.5, 0.6) is 0 Å². The third-order valence-electron chi connectivity index (χ3n) is 4.51. The second-order valence-electron chi connectivity index (χ2n) is 6.86. The van der Waals surface area contributed by atoms with E-state index in [9.17, 15) is 9.90 Å². The molecule has 0 spiro atoms. The molecule has 0 atom stereocenters. The molecule has 1 heterocycles. The monoisotopic (exact) mass is 378 g/mol. The van der Waals surface area contributed by atoms with Crippen LogP contribution >= 0.6 is 0 Å². The van der Waals surface area contributed by atoms with Gasteiger partial charge in [-0.1, -0.05) is 48.5 Å². The number of para-hydroxylation sites is 1. The van der Waals surface area contributed by atoms with Crippen molar-refractivity contribution in [2.24, 2.45) is 0 Å². The van der Waals surface area contributed by atoms with E-state index in [2.05, 4.69) is 5.32 Å². The van der Waals surface area contributed by atoms with Gasteiger partial charge in [0.1, 0.15) is 5.82 Å². The molecule has 0 bridgehead atoms. The van der Waals surface area contributed by atoms with E-state index in [0.29, 0.717) is 12.4 Å². The normalized spacial score (nSPS) is 11.2. The Morgan fingerprint density at radius 3 is 2.36 bits per heavy atom. The summed E-state index contributed by atoms with van der Waals surface area (Å²) in [5.41, 5.74) is 2.64. The number of aliphatic hydroxyl groups is 1. The number of amides is 1. The van der Waals surface area contributed by atoms with Crippen molar-refractivity contribution in [3.63, 3.8) is 0 Å². The molecule has 1 amide bonds. The fourth-order valence-electron chi connectivity index (χ4n) is 3.00. The molecular weight excluding hydrogens is 352 g/mol. The fraction of sp³-hybridized carbons (Fsp3) is 0.273. The molecule has 0 aliphatic carbocycles. The predicted octanol–water partition coefficient (Wildman–Crippen LogP) is 3.18. The summed E-state index contributed by atoms with van der Waals surface area (Å²) in [7, 11) is 0. The van der Waals surface area contributed by atoms with Gasteiger partial charge in [0.25, 0.3) is 0 Å². The second-order valence-corrected chi connectivity index (χ2v) is 6.86. The Balaban J connectivity index is 1.88. The van der Waals surface area contributed by atoms with Crippen LogP contribution in [0, 0.1) is 0 Å². The summed E-state index contributed by atoms with van der Waals surface area (Å²) in [5, 5.41) is 16.9.